The summed E-state index contributed by atoms with van der Waals surface area (Å²) >= 11 is 0. The molecule has 0 aliphatic carbocycles. The Bertz CT molecular complexity index is 464. The Kier molecular flexibility index (Phi) is 3.21. The van der Waals surface area contributed by atoms with Crippen LogP contribution in [0.15, 0.2) is 17.3 Å². The van der Waals surface area contributed by atoms with Gasteiger partial charge in [-0.25, -0.2) is 8.42 Å². The van der Waals surface area contributed by atoms with Crippen molar-refractivity contribution in [2.24, 2.45) is 0 Å². The average molecular weight is 260 g/mol. The molecular formula is C9H16N4O3S. The highest BCUT2D eigenvalue weighted by Gasteiger charge is 2.36. The van der Waals surface area contributed by atoms with Crippen LogP contribution < -0.4 is 5.32 Å². The third-order valence-electron chi connectivity index (χ3n) is 2.90. The summed E-state index contributed by atoms with van der Waals surface area (Å²) in [6, 6.07) is 1.39. The topological polar surface area (TPSA) is 98.3 Å². The quantitative estimate of drug-likeness (QED) is 0.628. The Balaban J connectivity index is 2.12. The van der Waals surface area contributed by atoms with Crippen LogP contribution in [0, 0.1) is 0 Å². The number of β-amino-alcohol motifs (C(OH)–C–C–N with tert-alkyl or cyclic N) is 1. The minimum absolute atomic E-state index is 0.0366. The molecule has 1 fully saturated rings. The van der Waals surface area contributed by atoms with Gasteiger partial charge in [0.05, 0.1) is 11.8 Å². The lowest BCUT2D eigenvalue weighted by Crippen LogP contribution is -2.45. The molecule has 1 aliphatic rings. The van der Waals surface area contributed by atoms with Crippen molar-refractivity contribution in [1.82, 2.24) is 19.8 Å². The molecule has 1 atom stereocenters. The van der Waals surface area contributed by atoms with Crippen LogP contribution in [-0.2, 0) is 10.0 Å². The predicted octanol–water partition coefficient (Wildman–Crippen LogP) is -1.25. The number of H-pyrrole nitrogens is 1. The molecule has 1 aliphatic heterocycles. The van der Waals surface area contributed by atoms with E-state index >= 15 is 0 Å². The highest BCUT2D eigenvalue weighted by molar-refractivity contribution is 7.89. The van der Waals surface area contributed by atoms with Gasteiger partial charge in [-0.3, -0.25) is 5.10 Å². The second kappa shape index (κ2) is 4.37. The molecule has 0 bridgehead atoms. The van der Waals surface area contributed by atoms with E-state index < -0.39 is 15.6 Å². The van der Waals surface area contributed by atoms with Crippen molar-refractivity contribution in [3.63, 3.8) is 0 Å². The Hall–Kier alpha value is -0.960. The maximum atomic E-state index is 12.0. The van der Waals surface area contributed by atoms with Crippen LogP contribution in [0.2, 0.25) is 0 Å². The summed E-state index contributed by atoms with van der Waals surface area (Å²) in [5.74, 6) is 0. The van der Waals surface area contributed by atoms with Crippen LogP contribution in [0.1, 0.15) is 6.42 Å². The fraction of sp³-hybridized carbons (Fsp3) is 0.667. The van der Waals surface area contributed by atoms with Gasteiger partial charge in [-0.05, 0) is 19.0 Å². The summed E-state index contributed by atoms with van der Waals surface area (Å²) in [6.45, 7) is 1.19. The molecule has 0 saturated carbocycles. The monoisotopic (exact) mass is 260 g/mol. The zero-order chi connectivity index (χ0) is 12.5. The number of likely N-dealkylation sites (N-methyl/N-ethyl adjacent to an activating group) is 1. The van der Waals surface area contributed by atoms with Gasteiger partial charge in [0, 0.05) is 20.1 Å². The first-order chi connectivity index (χ1) is 7.94. The van der Waals surface area contributed by atoms with Gasteiger partial charge in [-0.2, -0.15) is 9.40 Å². The van der Waals surface area contributed by atoms with Crippen molar-refractivity contribution in [1.29, 1.82) is 0 Å². The van der Waals surface area contributed by atoms with Crippen molar-refractivity contribution in [2.45, 2.75) is 17.0 Å². The summed E-state index contributed by atoms with van der Waals surface area (Å²) < 4.78 is 25.2. The Morgan fingerprint density at radius 2 is 2.41 bits per heavy atom. The minimum Gasteiger partial charge on any atom is -0.387 e. The molecule has 7 nitrogen and oxygen atoms in total. The minimum atomic E-state index is -3.59. The van der Waals surface area contributed by atoms with E-state index in [9.17, 15) is 13.5 Å². The van der Waals surface area contributed by atoms with Gasteiger partial charge in [0.2, 0.25) is 0 Å². The first-order valence-electron chi connectivity index (χ1n) is 5.33. The van der Waals surface area contributed by atoms with Gasteiger partial charge in [-0.1, -0.05) is 0 Å². The lowest BCUT2D eigenvalue weighted by atomic mass is 10.0. The zero-order valence-corrected chi connectivity index (χ0v) is 10.4. The SMILES string of the molecule is CN(CC1(O)CCNC1)S(=O)(=O)c1ccn[nH]1. The van der Waals surface area contributed by atoms with Crippen molar-refractivity contribution in [2.75, 3.05) is 26.7 Å². The summed E-state index contributed by atoms with van der Waals surface area (Å²) in [5.41, 5.74) is -0.984. The molecule has 2 rings (SSSR count). The number of hydrogen-bond donors (Lipinski definition) is 3. The van der Waals surface area contributed by atoms with E-state index in [1.807, 2.05) is 0 Å². The van der Waals surface area contributed by atoms with Crippen LogP contribution in [0.5, 0.6) is 0 Å². The van der Waals surface area contributed by atoms with E-state index in [-0.39, 0.29) is 11.6 Å². The molecule has 0 amide bonds. The average Bonchev–Trinajstić information content (AvgIpc) is 2.88. The standard InChI is InChI=1S/C9H16N4O3S/c1-13(7-9(14)3-5-10-6-9)17(15,16)8-2-4-11-12-8/h2,4,10,14H,3,5-7H2,1H3,(H,11,12). The first kappa shape index (κ1) is 12.5. The second-order valence-corrected chi connectivity index (χ2v) is 6.35. The second-order valence-electron chi connectivity index (χ2n) is 4.33. The van der Waals surface area contributed by atoms with Gasteiger partial charge in [0.1, 0.15) is 0 Å². The summed E-state index contributed by atoms with van der Waals surface area (Å²) in [7, 11) is -2.14. The smallest absolute Gasteiger partial charge is 0.259 e. The normalized spacial score (nSPS) is 25.6. The van der Waals surface area contributed by atoms with Crippen molar-refractivity contribution in [3.05, 3.63) is 12.3 Å². The number of aliphatic hydroxyl groups is 1. The Morgan fingerprint density at radius 3 is 2.94 bits per heavy atom. The van der Waals surface area contributed by atoms with Gasteiger partial charge >= 0.3 is 0 Å². The summed E-state index contributed by atoms with van der Waals surface area (Å²) in [6.07, 6.45) is 1.93. The molecule has 1 aromatic rings. The van der Waals surface area contributed by atoms with Crippen molar-refractivity contribution in [3.8, 4) is 0 Å². The molecule has 1 aromatic heterocycles. The third kappa shape index (κ3) is 2.49. The largest absolute Gasteiger partial charge is 0.387 e. The van der Waals surface area contributed by atoms with Crippen LogP contribution in [0.4, 0.5) is 0 Å². The summed E-state index contributed by atoms with van der Waals surface area (Å²) in [4.78, 5) is 0. The van der Waals surface area contributed by atoms with Crippen LogP contribution >= 0.6 is 0 Å². The van der Waals surface area contributed by atoms with Crippen LogP contribution in [0.25, 0.3) is 0 Å². The van der Waals surface area contributed by atoms with Crippen molar-refractivity contribution >= 4 is 10.0 Å². The number of sulfonamides is 1. The first-order valence-corrected chi connectivity index (χ1v) is 6.77. The number of aromatic nitrogens is 2. The molecule has 0 radical (unpaired) electrons. The van der Waals surface area contributed by atoms with Gasteiger partial charge in [0.15, 0.2) is 5.03 Å². The molecule has 1 unspecified atom stereocenters. The van der Waals surface area contributed by atoms with E-state index in [4.69, 9.17) is 0 Å². The van der Waals surface area contributed by atoms with Crippen molar-refractivity contribution < 1.29 is 13.5 Å². The molecule has 2 heterocycles. The third-order valence-corrected chi connectivity index (χ3v) is 4.63. The molecular weight excluding hydrogens is 244 g/mol. The highest BCUT2D eigenvalue weighted by Crippen LogP contribution is 2.19. The maximum Gasteiger partial charge on any atom is 0.259 e. The lowest BCUT2D eigenvalue weighted by Gasteiger charge is -2.26. The number of nitrogens with zero attached hydrogens (tertiary/aromatic N) is 2. The summed E-state index contributed by atoms with van der Waals surface area (Å²) in [5, 5.41) is 19.2. The van der Waals surface area contributed by atoms with Gasteiger partial charge < -0.3 is 10.4 Å². The Morgan fingerprint density at radius 1 is 1.65 bits per heavy atom. The van der Waals surface area contributed by atoms with E-state index in [0.29, 0.717) is 19.5 Å². The molecule has 96 valence electrons. The molecule has 1 saturated heterocycles. The number of nitrogens with one attached hydrogen (secondary N) is 2. The molecule has 17 heavy (non-hydrogen) atoms. The molecule has 0 spiro atoms. The van der Waals surface area contributed by atoms with Gasteiger partial charge in [-0.15, -0.1) is 0 Å². The molecule has 3 N–H and O–H groups in total. The fourth-order valence-electron chi connectivity index (χ4n) is 1.92. The molecule has 8 heteroatoms. The highest BCUT2D eigenvalue weighted by atomic mass is 32.2. The lowest BCUT2D eigenvalue weighted by molar-refractivity contribution is 0.0462. The van der Waals surface area contributed by atoms with Crippen LogP contribution in [0.3, 0.4) is 0 Å². The predicted molar refractivity (Wildman–Crippen MR) is 60.8 cm³/mol. The molecule has 0 aromatic carbocycles. The Labute approximate surface area is 99.9 Å². The number of rotatable bonds is 4. The van der Waals surface area contributed by atoms with Crippen LogP contribution in [-0.4, -0.2) is 60.3 Å². The van der Waals surface area contributed by atoms with E-state index in [0.717, 1.165) is 4.31 Å². The van der Waals surface area contributed by atoms with E-state index in [1.165, 1.54) is 19.3 Å². The van der Waals surface area contributed by atoms with Gasteiger partial charge in [0.25, 0.3) is 10.0 Å². The van der Waals surface area contributed by atoms with E-state index in [2.05, 4.69) is 15.5 Å². The number of hydrogen-bond acceptors (Lipinski definition) is 5. The zero-order valence-electron chi connectivity index (χ0n) is 9.55. The number of aromatic amines is 1. The fourth-order valence-corrected chi connectivity index (χ4v) is 3.07. The maximum absolute atomic E-state index is 12.0. The van der Waals surface area contributed by atoms with E-state index in [1.54, 1.807) is 0 Å².